The van der Waals surface area contributed by atoms with Crippen molar-refractivity contribution in [2.45, 2.75) is 29.9 Å². The standard InChI is InChI=1S/C20H24N2O5S2/c1-2-22(13-9-16-7-11-21-12-8-16)20(23)17-3-5-18(6-4-17)29(26,27)19-10-14-28(24,25)15-19/h3-8,11-12,19H,2,9-10,13-15H2,1H3/t19-/m1/s1. The van der Waals surface area contributed by atoms with Crippen LogP contribution in [-0.2, 0) is 26.1 Å². The molecule has 1 aromatic carbocycles. The fourth-order valence-electron chi connectivity index (χ4n) is 3.38. The van der Waals surface area contributed by atoms with Crippen molar-refractivity contribution in [3.8, 4) is 0 Å². The summed E-state index contributed by atoms with van der Waals surface area (Å²) in [5.41, 5.74) is 1.48. The second-order valence-electron chi connectivity index (χ2n) is 7.08. The van der Waals surface area contributed by atoms with E-state index in [1.165, 1.54) is 24.3 Å². The van der Waals surface area contributed by atoms with E-state index in [0.29, 0.717) is 25.1 Å². The second-order valence-corrected chi connectivity index (χ2v) is 11.5. The molecule has 0 aliphatic carbocycles. The number of carbonyl (C=O) groups excluding carboxylic acids is 1. The van der Waals surface area contributed by atoms with Gasteiger partial charge in [0.2, 0.25) is 0 Å². The molecule has 0 bridgehead atoms. The summed E-state index contributed by atoms with van der Waals surface area (Å²) in [5, 5.41) is -0.915. The predicted octanol–water partition coefficient (Wildman–Crippen LogP) is 1.75. The van der Waals surface area contributed by atoms with E-state index in [0.717, 1.165) is 5.56 Å². The number of amides is 1. The average molecular weight is 437 g/mol. The molecule has 3 rings (SSSR count). The molecule has 9 heteroatoms. The van der Waals surface area contributed by atoms with Gasteiger partial charge in [-0.05, 0) is 61.7 Å². The van der Waals surface area contributed by atoms with E-state index in [-0.39, 0.29) is 28.7 Å². The van der Waals surface area contributed by atoms with Gasteiger partial charge in [-0.25, -0.2) is 16.8 Å². The van der Waals surface area contributed by atoms with Crippen LogP contribution >= 0.6 is 0 Å². The van der Waals surface area contributed by atoms with E-state index < -0.39 is 24.9 Å². The van der Waals surface area contributed by atoms with Gasteiger partial charge in [0.25, 0.3) is 5.91 Å². The first-order chi connectivity index (χ1) is 13.7. The van der Waals surface area contributed by atoms with Crippen LogP contribution in [0.5, 0.6) is 0 Å². The Kier molecular flexibility index (Phi) is 6.38. The molecule has 0 N–H and O–H groups in total. The fourth-order valence-corrected chi connectivity index (χ4v) is 7.74. The molecule has 7 nitrogen and oxygen atoms in total. The fraction of sp³-hybridized carbons (Fsp3) is 0.400. The lowest BCUT2D eigenvalue weighted by atomic mass is 10.1. The molecule has 1 atom stereocenters. The predicted molar refractivity (Wildman–Crippen MR) is 110 cm³/mol. The molecule has 2 aromatic rings. The van der Waals surface area contributed by atoms with Crippen molar-refractivity contribution in [2.24, 2.45) is 0 Å². The molecule has 1 aliphatic heterocycles. The topological polar surface area (TPSA) is 101 Å². The van der Waals surface area contributed by atoms with Crippen LogP contribution < -0.4 is 0 Å². The maximum atomic E-state index is 12.8. The molecule has 0 saturated carbocycles. The van der Waals surface area contributed by atoms with Crippen LogP contribution in [0.3, 0.4) is 0 Å². The Morgan fingerprint density at radius 1 is 1.14 bits per heavy atom. The Morgan fingerprint density at radius 2 is 1.79 bits per heavy atom. The van der Waals surface area contributed by atoms with E-state index in [1.807, 2.05) is 19.1 Å². The number of nitrogens with zero attached hydrogens (tertiary/aromatic N) is 2. The van der Waals surface area contributed by atoms with Crippen LogP contribution in [-0.4, -0.2) is 62.5 Å². The van der Waals surface area contributed by atoms with Gasteiger partial charge >= 0.3 is 0 Å². The smallest absolute Gasteiger partial charge is 0.253 e. The van der Waals surface area contributed by atoms with Gasteiger partial charge < -0.3 is 4.90 Å². The molecule has 1 amide bonds. The summed E-state index contributed by atoms with van der Waals surface area (Å²) in [6.45, 7) is 2.97. The maximum absolute atomic E-state index is 12.8. The van der Waals surface area contributed by atoms with Crippen LogP contribution in [0, 0.1) is 0 Å². The lowest BCUT2D eigenvalue weighted by Crippen LogP contribution is -2.32. The number of benzene rings is 1. The minimum absolute atomic E-state index is 0.0518. The number of hydrogen-bond donors (Lipinski definition) is 0. The van der Waals surface area contributed by atoms with Gasteiger partial charge in [-0.15, -0.1) is 0 Å². The molecule has 0 unspecified atom stereocenters. The zero-order valence-corrected chi connectivity index (χ0v) is 17.8. The van der Waals surface area contributed by atoms with Gasteiger partial charge in [-0.3, -0.25) is 9.78 Å². The number of sulfone groups is 2. The monoisotopic (exact) mass is 436 g/mol. The first kappa shape index (κ1) is 21.4. The van der Waals surface area contributed by atoms with Gasteiger partial charge in [0.05, 0.1) is 21.7 Å². The summed E-state index contributed by atoms with van der Waals surface area (Å²) >= 11 is 0. The third kappa shape index (κ3) is 5.02. The van der Waals surface area contributed by atoms with Crippen molar-refractivity contribution < 1.29 is 21.6 Å². The highest BCUT2D eigenvalue weighted by Gasteiger charge is 2.38. The van der Waals surface area contributed by atoms with E-state index in [4.69, 9.17) is 0 Å². The van der Waals surface area contributed by atoms with E-state index in [2.05, 4.69) is 4.98 Å². The molecule has 0 radical (unpaired) electrons. The first-order valence-corrected chi connectivity index (χ1v) is 12.8. The molecule has 1 aromatic heterocycles. The lowest BCUT2D eigenvalue weighted by molar-refractivity contribution is 0.0766. The Labute approximate surface area is 171 Å². The van der Waals surface area contributed by atoms with Crippen LogP contribution in [0.4, 0.5) is 0 Å². The SMILES string of the molecule is CCN(CCc1ccncc1)C(=O)c1ccc(S(=O)(=O)[C@@H]2CCS(=O)(=O)C2)cc1. The number of likely N-dealkylation sites (N-methyl/N-ethyl adjacent to an activating group) is 1. The van der Waals surface area contributed by atoms with Crippen molar-refractivity contribution in [2.75, 3.05) is 24.6 Å². The highest BCUT2D eigenvalue weighted by molar-refractivity contribution is 7.96. The molecule has 1 saturated heterocycles. The Hall–Kier alpha value is -2.26. The summed E-state index contributed by atoms with van der Waals surface area (Å²) in [4.78, 5) is 18.5. The Bertz CT molecular complexity index is 1070. The Balaban J connectivity index is 1.70. The van der Waals surface area contributed by atoms with Gasteiger partial charge in [-0.2, -0.15) is 0 Å². The van der Waals surface area contributed by atoms with Crippen LogP contribution in [0.2, 0.25) is 0 Å². The molecule has 156 valence electrons. The van der Waals surface area contributed by atoms with Gasteiger partial charge in [-0.1, -0.05) is 0 Å². The summed E-state index contributed by atoms with van der Waals surface area (Å²) in [6, 6.07) is 9.58. The highest BCUT2D eigenvalue weighted by Crippen LogP contribution is 2.25. The molecule has 29 heavy (non-hydrogen) atoms. The zero-order chi connectivity index (χ0) is 21.1. The number of hydrogen-bond acceptors (Lipinski definition) is 6. The third-order valence-electron chi connectivity index (χ3n) is 5.15. The molecular formula is C20H24N2O5S2. The maximum Gasteiger partial charge on any atom is 0.253 e. The minimum atomic E-state index is -3.73. The van der Waals surface area contributed by atoms with E-state index >= 15 is 0 Å². The highest BCUT2D eigenvalue weighted by atomic mass is 32.2. The normalized spacial score (nSPS) is 18.4. The van der Waals surface area contributed by atoms with Crippen molar-refractivity contribution in [1.82, 2.24) is 9.88 Å². The number of aromatic nitrogens is 1. The van der Waals surface area contributed by atoms with Gasteiger partial charge in [0.1, 0.15) is 0 Å². The minimum Gasteiger partial charge on any atom is -0.339 e. The quantitative estimate of drug-likeness (QED) is 0.655. The van der Waals surface area contributed by atoms with Crippen molar-refractivity contribution in [3.63, 3.8) is 0 Å². The van der Waals surface area contributed by atoms with Crippen molar-refractivity contribution in [1.29, 1.82) is 0 Å². The molecule has 2 heterocycles. The largest absolute Gasteiger partial charge is 0.339 e. The first-order valence-electron chi connectivity index (χ1n) is 9.45. The van der Waals surface area contributed by atoms with Crippen LogP contribution in [0.15, 0.2) is 53.7 Å². The molecular weight excluding hydrogens is 412 g/mol. The summed E-state index contributed by atoms with van der Waals surface area (Å²) in [6.07, 6.45) is 4.24. The molecule has 0 spiro atoms. The van der Waals surface area contributed by atoms with Crippen molar-refractivity contribution in [3.05, 3.63) is 59.9 Å². The summed E-state index contributed by atoms with van der Waals surface area (Å²) in [7, 11) is -7.03. The zero-order valence-electron chi connectivity index (χ0n) is 16.2. The molecule has 1 fully saturated rings. The number of carbonyl (C=O) groups is 1. The van der Waals surface area contributed by atoms with Crippen LogP contribution in [0.1, 0.15) is 29.3 Å². The summed E-state index contributed by atoms with van der Waals surface area (Å²) < 4.78 is 48.6. The van der Waals surface area contributed by atoms with Crippen LogP contribution in [0.25, 0.3) is 0 Å². The third-order valence-corrected chi connectivity index (χ3v) is 9.34. The van der Waals surface area contributed by atoms with Gasteiger partial charge in [0.15, 0.2) is 19.7 Å². The molecule has 1 aliphatic rings. The van der Waals surface area contributed by atoms with Crippen molar-refractivity contribution >= 4 is 25.6 Å². The number of pyridine rings is 1. The second kappa shape index (κ2) is 8.62. The van der Waals surface area contributed by atoms with E-state index in [9.17, 15) is 21.6 Å². The van der Waals surface area contributed by atoms with Gasteiger partial charge in [0, 0.05) is 31.0 Å². The summed E-state index contributed by atoms with van der Waals surface area (Å²) in [5.74, 6) is -0.612. The Morgan fingerprint density at radius 3 is 2.34 bits per heavy atom. The average Bonchev–Trinajstić information content (AvgIpc) is 3.10. The van der Waals surface area contributed by atoms with E-state index in [1.54, 1.807) is 17.3 Å². The number of rotatable bonds is 7. The lowest BCUT2D eigenvalue weighted by Gasteiger charge is -2.21.